The molecule has 3 heteroatoms. The van der Waals surface area contributed by atoms with E-state index in [1.54, 1.807) is 0 Å². The first-order valence-electron chi connectivity index (χ1n) is 8.64. The SMILES string of the molecule is [O-]C1=C[N+](=Cc2ccccc2)[C@@H](c2ccccc2)[C@@H](c2ccccc2)O1. The van der Waals surface area contributed by atoms with E-state index in [0.717, 1.165) is 16.7 Å². The Bertz CT molecular complexity index is 918. The fourth-order valence-electron chi connectivity index (χ4n) is 3.30. The Morgan fingerprint density at radius 3 is 1.88 bits per heavy atom. The molecule has 0 N–H and O–H groups in total. The molecule has 0 spiro atoms. The molecule has 1 aliphatic rings. The van der Waals surface area contributed by atoms with Crippen LogP contribution in [0.3, 0.4) is 0 Å². The van der Waals surface area contributed by atoms with E-state index in [1.807, 2.05) is 89.7 Å². The van der Waals surface area contributed by atoms with Crippen molar-refractivity contribution in [1.82, 2.24) is 0 Å². The summed E-state index contributed by atoms with van der Waals surface area (Å²) in [7, 11) is 0. The topological polar surface area (TPSA) is 35.3 Å². The second-order valence-electron chi connectivity index (χ2n) is 6.24. The van der Waals surface area contributed by atoms with E-state index < -0.39 is 0 Å². The summed E-state index contributed by atoms with van der Waals surface area (Å²) in [5.41, 5.74) is 3.11. The van der Waals surface area contributed by atoms with Crippen molar-refractivity contribution in [1.29, 1.82) is 0 Å². The molecule has 0 saturated carbocycles. The minimum atomic E-state index is -0.379. The predicted molar refractivity (Wildman–Crippen MR) is 99.4 cm³/mol. The zero-order chi connectivity index (χ0) is 17.8. The first-order chi connectivity index (χ1) is 12.8. The van der Waals surface area contributed by atoms with Gasteiger partial charge in [0.25, 0.3) is 0 Å². The molecule has 0 radical (unpaired) electrons. The Kier molecular flexibility index (Phi) is 4.52. The van der Waals surface area contributed by atoms with Gasteiger partial charge in [-0.3, -0.25) is 0 Å². The van der Waals surface area contributed by atoms with Crippen LogP contribution in [0.4, 0.5) is 0 Å². The molecule has 0 aliphatic carbocycles. The quantitative estimate of drug-likeness (QED) is 0.680. The maximum atomic E-state index is 12.3. The van der Waals surface area contributed by atoms with Gasteiger partial charge in [0.2, 0.25) is 0 Å². The predicted octanol–water partition coefficient (Wildman–Crippen LogP) is 3.79. The molecule has 0 saturated heterocycles. The third-order valence-corrected chi connectivity index (χ3v) is 4.47. The number of hydrogen-bond acceptors (Lipinski definition) is 2. The van der Waals surface area contributed by atoms with Crippen LogP contribution in [0.5, 0.6) is 0 Å². The minimum absolute atomic E-state index is 0.128. The van der Waals surface area contributed by atoms with Gasteiger partial charge in [0, 0.05) is 11.1 Å². The molecule has 0 amide bonds. The molecule has 1 aliphatic heterocycles. The molecule has 1 heterocycles. The highest BCUT2D eigenvalue weighted by Crippen LogP contribution is 2.38. The van der Waals surface area contributed by atoms with Gasteiger partial charge in [-0.2, -0.15) is 4.58 Å². The summed E-state index contributed by atoms with van der Waals surface area (Å²) in [5.74, 6) is -0.335. The van der Waals surface area contributed by atoms with Crippen molar-refractivity contribution in [3.05, 3.63) is 120 Å². The Morgan fingerprint density at radius 1 is 0.731 bits per heavy atom. The van der Waals surface area contributed by atoms with E-state index in [9.17, 15) is 5.11 Å². The van der Waals surface area contributed by atoms with Crippen molar-refractivity contribution >= 4 is 6.21 Å². The normalized spacial score (nSPS) is 21.1. The molecular formula is C23H19NO2. The molecule has 26 heavy (non-hydrogen) atoms. The van der Waals surface area contributed by atoms with Gasteiger partial charge >= 0.3 is 0 Å². The van der Waals surface area contributed by atoms with Gasteiger partial charge in [0.1, 0.15) is 5.95 Å². The van der Waals surface area contributed by atoms with Crippen LogP contribution in [0, 0.1) is 0 Å². The zero-order valence-electron chi connectivity index (χ0n) is 14.2. The van der Waals surface area contributed by atoms with Crippen molar-refractivity contribution in [3.63, 3.8) is 0 Å². The lowest BCUT2D eigenvalue weighted by molar-refractivity contribution is -0.553. The second kappa shape index (κ2) is 7.28. The molecule has 128 valence electrons. The average Bonchev–Trinajstić information content (AvgIpc) is 2.70. The molecule has 3 aromatic rings. The van der Waals surface area contributed by atoms with Crippen LogP contribution in [-0.2, 0) is 4.74 Å². The number of benzene rings is 3. The molecule has 0 unspecified atom stereocenters. The summed E-state index contributed by atoms with van der Waals surface area (Å²) < 4.78 is 7.72. The summed E-state index contributed by atoms with van der Waals surface area (Å²) >= 11 is 0. The third-order valence-electron chi connectivity index (χ3n) is 4.47. The first-order valence-corrected chi connectivity index (χ1v) is 8.64. The van der Waals surface area contributed by atoms with E-state index in [4.69, 9.17) is 4.74 Å². The maximum Gasteiger partial charge on any atom is 0.199 e. The maximum absolute atomic E-state index is 12.3. The molecule has 4 rings (SSSR count). The summed E-state index contributed by atoms with van der Waals surface area (Å²) in [6, 6.07) is 29.9. The van der Waals surface area contributed by atoms with Crippen LogP contribution in [0.15, 0.2) is 103 Å². The highest BCUT2D eigenvalue weighted by Gasteiger charge is 2.34. The van der Waals surface area contributed by atoms with Gasteiger partial charge in [-0.15, -0.1) is 0 Å². The van der Waals surface area contributed by atoms with E-state index in [1.165, 1.54) is 6.20 Å². The average molecular weight is 341 g/mol. The van der Waals surface area contributed by atoms with Gasteiger partial charge in [-0.05, 0) is 17.7 Å². The first kappa shape index (κ1) is 16.2. The highest BCUT2D eigenvalue weighted by atomic mass is 16.6. The van der Waals surface area contributed by atoms with Crippen molar-refractivity contribution in [2.75, 3.05) is 0 Å². The highest BCUT2D eigenvalue weighted by molar-refractivity contribution is 5.75. The number of rotatable bonds is 3. The number of hydrogen-bond donors (Lipinski definition) is 0. The lowest BCUT2D eigenvalue weighted by Gasteiger charge is -2.35. The van der Waals surface area contributed by atoms with E-state index in [-0.39, 0.29) is 18.1 Å². The van der Waals surface area contributed by atoms with Crippen LogP contribution in [0.25, 0.3) is 0 Å². The van der Waals surface area contributed by atoms with Crippen molar-refractivity contribution in [2.24, 2.45) is 0 Å². The van der Waals surface area contributed by atoms with Crippen molar-refractivity contribution < 1.29 is 14.4 Å². The molecule has 2 atom stereocenters. The van der Waals surface area contributed by atoms with Crippen LogP contribution in [0.1, 0.15) is 28.8 Å². The van der Waals surface area contributed by atoms with Gasteiger partial charge in [-0.1, -0.05) is 78.9 Å². The standard InChI is InChI=1S/C23H19NO2/c25-21-17-24(16-18-10-4-1-5-11-18)22(19-12-6-2-7-13-19)23(26-21)20-14-8-3-9-15-20/h1-17,22-23H/t22-,23+/m0/s1. The lowest BCUT2D eigenvalue weighted by Crippen LogP contribution is -2.32. The lowest BCUT2D eigenvalue weighted by atomic mass is 9.94. The number of ether oxygens (including phenoxy) is 1. The van der Waals surface area contributed by atoms with Gasteiger partial charge in [0.05, 0.1) is 6.10 Å². The van der Waals surface area contributed by atoms with E-state index in [0.29, 0.717) is 0 Å². The van der Waals surface area contributed by atoms with Crippen LogP contribution >= 0.6 is 0 Å². The van der Waals surface area contributed by atoms with Gasteiger partial charge in [-0.25, -0.2) is 0 Å². The zero-order valence-corrected chi connectivity index (χ0v) is 14.2. The molecule has 3 nitrogen and oxygen atoms in total. The van der Waals surface area contributed by atoms with Crippen molar-refractivity contribution in [3.8, 4) is 0 Å². The van der Waals surface area contributed by atoms with E-state index >= 15 is 0 Å². The smallest absolute Gasteiger partial charge is 0.199 e. The van der Waals surface area contributed by atoms with E-state index in [2.05, 4.69) is 12.1 Å². The molecule has 3 aromatic carbocycles. The summed E-state index contributed by atoms with van der Waals surface area (Å²) in [6.45, 7) is 0. The largest absolute Gasteiger partial charge is 0.594 e. The molecular weight excluding hydrogens is 322 g/mol. The van der Waals surface area contributed by atoms with Crippen molar-refractivity contribution in [2.45, 2.75) is 12.1 Å². The third kappa shape index (κ3) is 3.38. The Morgan fingerprint density at radius 2 is 1.27 bits per heavy atom. The van der Waals surface area contributed by atoms with Gasteiger partial charge in [0.15, 0.2) is 18.5 Å². The monoisotopic (exact) mass is 341 g/mol. The van der Waals surface area contributed by atoms with Crippen LogP contribution in [0.2, 0.25) is 0 Å². The summed E-state index contributed by atoms with van der Waals surface area (Å²) in [4.78, 5) is 0. The Balaban J connectivity index is 1.85. The molecule has 0 bridgehead atoms. The van der Waals surface area contributed by atoms with Gasteiger partial charge < -0.3 is 9.84 Å². The van der Waals surface area contributed by atoms with Crippen LogP contribution < -0.4 is 5.11 Å². The Hall–Kier alpha value is -3.33. The Labute approximate surface area is 153 Å². The second-order valence-corrected chi connectivity index (χ2v) is 6.24. The fourth-order valence-corrected chi connectivity index (χ4v) is 3.30. The molecule has 0 fully saturated rings. The number of nitrogens with zero attached hydrogens (tertiary/aromatic N) is 1. The summed E-state index contributed by atoms with van der Waals surface area (Å²) in [5, 5.41) is 12.3. The molecule has 0 aromatic heterocycles. The minimum Gasteiger partial charge on any atom is -0.594 e. The van der Waals surface area contributed by atoms with Crippen LogP contribution in [-0.4, -0.2) is 10.8 Å². The summed E-state index contributed by atoms with van der Waals surface area (Å²) in [6.07, 6.45) is 3.15. The fraction of sp³-hybridized carbons (Fsp3) is 0.0870.